The molecule has 3 aromatic rings. The van der Waals surface area contributed by atoms with Crippen molar-refractivity contribution in [1.29, 1.82) is 0 Å². The van der Waals surface area contributed by atoms with E-state index in [1.165, 1.54) is 0 Å². The highest BCUT2D eigenvalue weighted by molar-refractivity contribution is 7.09. The van der Waals surface area contributed by atoms with Gasteiger partial charge in [0.1, 0.15) is 5.82 Å². The summed E-state index contributed by atoms with van der Waals surface area (Å²) >= 11 is 1.54. The summed E-state index contributed by atoms with van der Waals surface area (Å²) in [6.45, 7) is 2.89. The summed E-state index contributed by atoms with van der Waals surface area (Å²) in [6.07, 6.45) is 1.80. The monoisotopic (exact) mass is 385 g/mol. The molecule has 0 aliphatic carbocycles. The maximum absolute atomic E-state index is 11.1. The summed E-state index contributed by atoms with van der Waals surface area (Å²) in [4.78, 5) is 22.9. The second-order valence-electron chi connectivity index (χ2n) is 5.52. The van der Waals surface area contributed by atoms with Crippen molar-refractivity contribution >= 4 is 28.8 Å². The van der Waals surface area contributed by atoms with Crippen molar-refractivity contribution in [3.8, 4) is 11.6 Å². The van der Waals surface area contributed by atoms with Crippen LogP contribution in [0.3, 0.4) is 0 Å². The van der Waals surface area contributed by atoms with E-state index in [1.54, 1.807) is 60.5 Å². The van der Waals surface area contributed by atoms with E-state index in [9.17, 15) is 4.79 Å². The van der Waals surface area contributed by atoms with Gasteiger partial charge in [0, 0.05) is 16.8 Å². The zero-order valence-corrected chi connectivity index (χ0v) is 15.8. The van der Waals surface area contributed by atoms with Gasteiger partial charge < -0.3 is 19.5 Å². The van der Waals surface area contributed by atoms with Crippen LogP contribution in [0.4, 0.5) is 11.5 Å². The van der Waals surface area contributed by atoms with E-state index in [1.807, 2.05) is 17.9 Å². The van der Waals surface area contributed by atoms with E-state index < -0.39 is 5.97 Å². The van der Waals surface area contributed by atoms with Gasteiger partial charge in [-0.05, 0) is 43.3 Å². The van der Waals surface area contributed by atoms with E-state index >= 15 is 0 Å². The van der Waals surface area contributed by atoms with Gasteiger partial charge in [0.05, 0.1) is 31.3 Å². The first-order valence-corrected chi connectivity index (χ1v) is 9.16. The van der Waals surface area contributed by atoms with Crippen LogP contribution < -0.4 is 14.4 Å². The third-order valence-corrected chi connectivity index (χ3v) is 4.58. The average molecular weight is 385 g/mol. The fourth-order valence-corrected chi connectivity index (χ4v) is 3.11. The molecule has 0 aliphatic rings. The summed E-state index contributed by atoms with van der Waals surface area (Å²) in [7, 11) is 1.57. The number of rotatable bonds is 8. The van der Waals surface area contributed by atoms with E-state index in [-0.39, 0.29) is 5.56 Å². The van der Waals surface area contributed by atoms with Crippen LogP contribution >= 0.6 is 11.3 Å². The molecule has 140 valence electrons. The number of carboxylic acids is 1. The molecule has 0 fully saturated rings. The summed E-state index contributed by atoms with van der Waals surface area (Å²) < 4.78 is 10.9. The molecular weight excluding hydrogens is 366 g/mol. The lowest BCUT2D eigenvalue weighted by Crippen LogP contribution is -2.17. The molecule has 0 saturated carbocycles. The van der Waals surface area contributed by atoms with Gasteiger partial charge in [0.25, 0.3) is 5.88 Å². The van der Waals surface area contributed by atoms with Crippen molar-refractivity contribution in [2.24, 2.45) is 0 Å². The van der Waals surface area contributed by atoms with Crippen molar-refractivity contribution in [1.82, 2.24) is 9.97 Å². The fourth-order valence-electron chi connectivity index (χ4n) is 2.53. The number of carboxylic acid groups (broad SMARTS) is 1. The Bertz CT molecular complexity index is 898. The fraction of sp³-hybridized carbons (Fsp3) is 0.211. The van der Waals surface area contributed by atoms with Crippen LogP contribution in [0.5, 0.6) is 11.6 Å². The van der Waals surface area contributed by atoms with Gasteiger partial charge in [-0.1, -0.05) is 0 Å². The lowest BCUT2D eigenvalue weighted by Gasteiger charge is -2.24. The topological polar surface area (TPSA) is 84.8 Å². The number of hydrogen-bond donors (Lipinski definition) is 1. The van der Waals surface area contributed by atoms with Gasteiger partial charge in [-0.3, -0.25) is 4.98 Å². The van der Waals surface area contributed by atoms with Crippen molar-refractivity contribution < 1.29 is 19.4 Å². The number of aromatic carboxylic acids is 1. The first-order valence-electron chi connectivity index (χ1n) is 8.28. The number of aromatic nitrogens is 2. The molecule has 2 heterocycles. The predicted molar refractivity (Wildman–Crippen MR) is 103 cm³/mol. The Morgan fingerprint density at radius 3 is 2.59 bits per heavy atom. The number of thiazole rings is 1. The molecule has 1 aromatic carbocycles. The Labute approximate surface area is 160 Å². The van der Waals surface area contributed by atoms with Crippen LogP contribution in [0.1, 0.15) is 22.2 Å². The van der Waals surface area contributed by atoms with Gasteiger partial charge in [-0.15, -0.1) is 11.3 Å². The van der Waals surface area contributed by atoms with Gasteiger partial charge >= 0.3 is 5.97 Å². The lowest BCUT2D eigenvalue weighted by molar-refractivity contribution is 0.0697. The number of ether oxygens (including phenoxy) is 2. The number of methoxy groups -OCH3 is 1. The normalized spacial score (nSPS) is 10.4. The first-order chi connectivity index (χ1) is 13.1. The molecule has 0 spiro atoms. The Hall–Kier alpha value is -3.13. The SMILES string of the molecule is CCOc1nc(N(Cc2cncs2)c2ccc(C(=O)O)cc2)ccc1OC. The molecule has 0 bridgehead atoms. The van der Waals surface area contributed by atoms with Crippen molar-refractivity contribution in [2.75, 3.05) is 18.6 Å². The minimum absolute atomic E-state index is 0.231. The molecule has 0 radical (unpaired) electrons. The molecule has 0 atom stereocenters. The Kier molecular flexibility index (Phi) is 5.87. The van der Waals surface area contributed by atoms with Crippen LogP contribution in [-0.4, -0.2) is 34.8 Å². The predicted octanol–water partition coefficient (Wildman–Crippen LogP) is 3.98. The van der Waals surface area contributed by atoms with Crippen molar-refractivity contribution in [3.63, 3.8) is 0 Å². The van der Waals surface area contributed by atoms with Gasteiger partial charge in [0.15, 0.2) is 5.75 Å². The number of anilines is 2. The van der Waals surface area contributed by atoms with Crippen LogP contribution in [0.25, 0.3) is 0 Å². The number of hydrogen-bond acceptors (Lipinski definition) is 7. The van der Waals surface area contributed by atoms with E-state index in [4.69, 9.17) is 14.6 Å². The standard InChI is InChI=1S/C19H19N3O4S/c1-3-26-18-16(25-2)8-9-17(21-18)22(11-15-10-20-12-27-15)14-6-4-13(5-7-14)19(23)24/h4-10,12H,3,11H2,1-2H3,(H,23,24). The molecule has 7 nitrogen and oxygen atoms in total. The largest absolute Gasteiger partial charge is 0.491 e. The van der Waals surface area contributed by atoms with Crippen molar-refractivity contribution in [2.45, 2.75) is 13.5 Å². The minimum Gasteiger partial charge on any atom is -0.491 e. The minimum atomic E-state index is -0.961. The molecule has 0 unspecified atom stereocenters. The summed E-state index contributed by atoms with van der Waals surface area (Å²) in [6, 6.07) is 10.3. The van der Waals surface area contributed by atoms with E-state index in [0.29, 0.717) is 30.6 Å². The molecule has 0 amide bonds. The van der Waals surface area contributed by atoms with E-state index in [0.717, 1.165) is 10.6 Å². The highest BCUT2D eigenvalue weighted by Crippen LogP contribution is 2.33. The summed E-state index contributed by atoms with van der Waals surface area (Å²) in [5.74, 6) is 0.668. The summed E-state index contributed by atoms with van der Waals surface area (Å²) in [5.41, 5.74) is 2.82. The van der Waals surface area contributed by atoms with E-state index in [2.05, 4.69) is 9.97 Å². The molecule has 8 heteroatoms. The third-order valence-electron chi connectivity index (χ3n) is 3.81. The number of pyridine rings is 1. The van der Waals surface area contributed by atoms with Gasteiger partial charge in [-0.25, -0.2) is 4.79 Å². The maximum Gasteiger partial charge on any atom is 0.335 e. The molecule has 0 saturated heterocycles. The van der Waals surface area contributed by atoms with Crippen LogP contribution in [0, 0.1) is 0 Å². The second-order valence-corrected chi connectivity index (χ2v) is 6.49. The van der Waals surface area contributed by atoms with Crippen LogP contribution in [0.15, 0.2) is 48.1 Å². The molecule has 2 aromatic heterocycles. The Balaban J connectivity index is 2.01. The van der Waals surface area contributed by atoms with Crippen LogP contribution in [-0.2, 0) is 6.54 Å². The molecule has 27 heavy (non-hydrogen) atoms. The van der Waals surface area contributed by atoms with Gasteiger partial charge in [-0.2, -0.15) is 4.98 Å². The highest BCUT2D eigenvalue weighted by atomic mass is 32.1. The highest BCUT2D eigenvalue weighted by Gasteiger charge is 2.16. The zero-order chi connectivity index (χ0) is 19.2. The maximum atomic E-state index is 11.1. The average Bonchev–Trinajstić information content (AvgIpc) is 3.20. The number of nitrogens with zero attached hydrogens (tertiary/aromatic N) is 3. The number of benzene rings is 1. The second kappa shape index (κ2) is 8.50. The third kappa shape index (κ3) is 4.35. The Morgan fingerprint density at radius 1 is 1.22 bits per heavy atom. The quantitative estimate of drug-likeness (QED) is 0.628. The molecule has 0 aliphatic heterocycles. The van der Waals surface area contributed by atoms with Crippen LogP contribution in [0.2, 0.25) is 0 Å². The first kappa shape index (κ1) is 18.7. The Morgan fingerprint density at radius 2 is 2.00 bits per heavy atom. The zero-order valence-electron chi connectivity index (χ0n) is 15.0. The van der Waals surface area contributed by atoms with Gasteiger partial charge in [0.2, 0.25) is 0 Å². The lowest BCUT2D eigenvalue weighted by atomic mass is 10.2. The molecule has 3 rings (SSSR count). The molecular formula is C19H19N3O4S. The summed E-state index contributed by atoms with van der Waals surface area (Å²) in [5, 5.41) is 9.13. The molecule has 1 N–H and O–H groups in total. The number of carbonyl (C=O) groups is 1. The smallest absolute Gasteiger partial charge is 0.335 e. The van der Waals surface area contributed by atoms with Crippen molar-refractivity contribution in [3.05, 3.63) is 58.5 Å².